The smallest absolute Gasteiger partial charge is 0.306 e. The number of hydrogen-bond donors (Lipinski definition) is 0. The van der Waals surface area contributed by atoms with Gasteiger partial charge in [0.15, 0.2) is 11.2 Å². The number of aryl methyl sites for hydroxylation is 4. The molecule has 0 atom stereocenters. The number of nitrogens with zero attached hydrogens (tertiary/aromatic N) is 6. The van der Waals surface area contributed by atoms with Gasteiger partial charge in [-0.2, -0.15) is 10.1 Å². The lowest BCUT2D eigenvalue weighted by atomic mass is 10.2. The van der Waals surface area contributed by atoms with Crippen LogP contribution in [0, 0.1) is 13.8 Å². The maximum atomic E-state index is 13.2. The highest BCUT2D eigenvalue weighted by Gasteiger charge is 2.21. The largest absolute Gasteiger partial charge is 0.332 e. The predicted octanol–water partition coefficient (Wildman–Crippen LogP) is 1.94. The first-order chi connectivity index (χ1) is 13.3. The van der Waals surface area contributed by atoms with E-state index in [9.17, 15) is 9.59 Å². The number of rotatable bonds is 3. The lowest BCUT2D eigenvalue weighted by Gasteiger charge is -2.09. The Bertz CT molecular complexity index is 1340. The summed E-state index contributed by atoms with van der Waals surface area (Å²) < 4.78 is 5.89. The first kappa shape index (κ1) is 18.2. The van der Waals surface area contributed by atoms with Gasteiger partial charge in [-0.25, -0.2) is 9.48 Å². The molecule has 0 fully saturated rings. The molecule has 0 saturated carbocycles. The summed E-state index contributed by atoms with van der Waals surface area (Å²) >= 11 is 6.22. The van der Waals surface area contributed by atoms with Crippen molar-refractivity contribution in [1.29, 1.82) is 0 Å². The Morgan fingerprint density at radius 3 is 2.43 bits per heavy atom. The van der Waals surface area contributed by atoms with Crippen LogP contribution < -0.4 is 11.2 Å². The van der Waals surface area contributed by atoms with Crippen LogP contribution in [-0.4, -0.2) is 28.5 Å². The van der Waals surface area contributed by atoms with Crippen molar-refractivity contribution in [3.05, 3.63) is 73.1 Å². The van der Waals surface area contributed by atoms with Gasteiger partial charge in [0.2, 0.25) is 5.95 Å². The molecule has 0 aliphatic rings. The minimum Gasteiger partial charge on any atom is -0.306 e. The highest BCUT2D eigenvalue weighted by atomic mass is 35.5. The molecule has 0 N–H and O–H groups in total. The molecule has 0 bridgehead atoms. The van der Waals surface area contributed by atoms with Crippen molar-refractivity contribution >= 4 is 22.8 Å². The number of benzene rings is 1. The standard InChI is InChI=1S/C19H19ClN6O2/c1-11-9-12(2)26(22-11)18-21-16-15(23(18)3)17(27)25(19(28)24(16)4)10-13-7-5-6-8-14(13)20/h5-9H,10H2,1-4H3. The summed E-state index contributed by atoms with van der Waals surface area (Å²) in [5.41, 5.74) is 2.21. The molecule has 1 aromatic carbocycles. The number of aromatic nitrogens is 6. The Labute approximate surface area is 165 Å². The van der Waals surface area contributed by atoms with Gasteiger partial charge in [-0.1, -0.05) is 29.8 Å². The van der Waals surface area contributed by atoms with E-state index in [4.69, 9.17) is 11.6 Å². The van der Waals surface area contributed by atoms with Crippen LogP contribution in [-0.2, 0) is 20.6 Å². The van der Waals surface area contributed by atoms with E-state index in [1.54, 1.807) is 41.5 Å². The third-order valence-electron chi connectivity index (χ3n) is 4.82. The molecule has 8 nitrogen and oxygen atoms in total. The Morgan fingerprint density at radius 2 is 1.79 bits per heavy atom. The van der Waals surface area contributed by atoms with Crippen molar-refractivity contribution in [2.45, 2.75) is 20.4 Å². The molecule has 3 heterocycles. The van der Waals surface area contributed by atoms with Gasteiger partial charge in [0.05, 0.1) is 12.2 Å². The zero-order valence-electron chi connectivity index (χ0n) is 16.0. The molecule has 0 unspecified atom stereocenters. The topological polar surface area (TPSA) is 79.6 Å². The molecule has 4 aromatic rings. The molecular weight excluding hydrogens is 380 g/mol. The molecule has 3 aromatic heterocycles. The molecule has 0 amide bonds. The van der Waals surface area contributed by atoms with Gasteiger partial charge in [-0.15, -0.1) is 0 Å². The van der Waals surface area contributed by atoms with Crippen molar-refractivity contribution in [3.8, 4) is 5.95 Å². The highest BCUT2D eigenvalue weighted by Crippen LogP contribution is 2.17. The van der Waals surface area contributed by atoms with E-state index in [1.807, 2.05) is 26.0 Å². The first-order valence-electron chi connectivity index (χ1n) is 8.73. The molecule has 0 aliphatic heterocycles. The van der Waals surface area contributed by atoms with E-state index in [0.717, 1.165) is 11.4 Å². The average Bonchev–Trinajstić information content (AvgIpc) is 3.17. The molecule has 144 valence electrons. The fourth-order valence-corrected chi connectivity index (χ4v) is 3.58. The van der Waals surface area contributed by atoms with Crippen LogP contribution in [0.15, 0.2) is 39.9 Å². The summed E-state index contributed by atoms with van der Waals surface area (Å²) in [4.78, 5) is 30.6. The molecule has 0 radical (unpaired) electrons. The minimum absolute atomic E-state index is 0.0849. The maximum Gasteiger partial charge on any atom is 0.332 e. The molecule has 0 spiro atoms. The van der Waals surface area contributed by atoms with Crippen LogP contribution >= 0.6 is 11.6 Å². The van der Waals surface area contributed by atoms with Crippen LogP contribution in [0.2, 0.25) is 5.02 Å². The van der Waals surface area contributed by atoms with Gasteiger partial charge in [0.25, 0.3) is 5.56 Å². The fourth-order valence-electron chi connectivity index (χ4n) is 3.39. The molecule has 0 aliphatic carbocycles. The summed E-state index contributed by atoms with van der Waals surface area (Å²) in [6, 6.07) is 9.07. The summed E-state index contributed by atoms with van der Waals surface area (Å²) in [6.07, 6.45) is 0. The lowest BCUT2D eigenvalue weighted by molar-refractivity contribution is 0.655. The van der Waals surface area contributed by atoms with Gasteiger partial charge in [-0.05, 0) is 31.5 Å². The zero-order valence-corrected chi connectivity index (χ0v) is 16.7. The van der Waals surface area contributed by atoms with Gasteiger partial charge >= 0.3 is 5.69 Å². The Morgan fingerprint density at radius 1 is 1.07 bits per heavy atom. The van der Waals surface area contributed by atoms with Crippen molar-refractivity contribution in [2.75, 3.05) is 0 Å². The van der Waals surface area contributed by atoms with E-state index in [-0.39, 0.29) is 6.54 Å². The Balaban J connectivity index is 1.99. The number of fused-ring (bicyclic) bond motifs is 1. The second-order valence-corrected chi connectivity index (χ2v) is 7.21. The first-order valence-corrected chi connectivity index (χ1v) is 9.10. The third-order valence-corrected chi connectivity index (χ3v) is 5.19. The molecule has 28 heavy (non-hydrogen) atoms. The van der Waals surface area contributed by atoms with Gasteiger partial charge in [0.1, 0.15) is 0 Å². The van der Waals surface area contributed by atoms with Crippen molar-refractivity contribution < 1.29 is 0 Å². The van der Waals surface area contributed by atoms with Crippen LogP contribution in [0.3, 0.4) is 0 Å². The van der Waals surface area contributed by atoms with Crippen LogP contribution in [0.1, 0.15) is 17.0 Å². The van der Waals surface area contributed by atoms with Gasteiger partial charge in [0, 0.05) is 24.8 Å². The summed E-state index contributed by atoms with van der Waals surface area (Å²) in [6.45, 7) is 3.88. The molecule has 9 heteroatoms. The second kappa shape index (κ2) is 6.49. The quantitative estimate of drug-likeness (QED) is 0.528. The normalized spacial score (nSPS) is 11.5. The van der Waals surface area contributed by atoms with E-state index < -0.39 is 11.2 Å². The fraction of sp³-hybridized carbons (Fsp3) is 0.263. The average molecular weight is 399 g/mol. The monoisotopic (exact) mass is 398 g/mol. The van der Waals surface area contributed by atoms with E-state index in [2.05, 4.69) is 10.1 Å². The lowest BCUT2D eigenvalue weighted by Crippen LogP contribution is -2.39. The van der Waals surface area contributed by atoms with Crippen LogP contribution in [0.4, 0.5) is 0 Å². The van der Waals surface area contributed by atoms with Crippen LogP contribution in [0.5, 0.6) is 0 Å². The van der Waals surface area contributed by atoms with E-state index in [1.165, 1.54) is 9.13 Å². The SMILES string of the molecule is Cc1cc(C)n(-c2nc3c(c(=O)n(Cc4ccccc4Cl)c(=O)n3C)n2C)n1. The van der Waals surface area contributed by atoms with Crippen molar-refractivity contribution in [2.24, 2.45) is 14.1 Å². The summed E-state index contributed by atoms with van der Waals surface area (Å²) in [5.74, 6) is 0.475. The molecule has 0 saturated heterocycles. The van der Waals surface area contributed by atoms with E-state index >= 15 is 0 Å². The minimum atomic E-state index is -0.449. The van der Waals surface area contributed by atoms with E-state index in [0.29, 0.717) is 27.7 Å². The molecule has 4 rings (SSSR count). The third kappa shape index (κ3) is 2.68. The van der Waals surface area contributed by atoms with Crippen molar-refractivity contribution in [3.63, 3.8) is 0 Å². The number of hydrogen-bond acceptors (Lipinski definition) is 4. The zero-order chi connectivity index (χ0) is 20.2. The second-order valence-electron chi connectivity index (χ2n) is 6.81. The van der Waals surface area contributed by atoms with Crippen LogP contribution in [0.25, 0.3) is 17.1 Å². The Kier molecular flexibility index (Phi) is 4.23. The maximum absolute atomic E-state index is 13.2. The predicted molar refractivity (Wildman–Crippen MR) is 107 cm³/mol. The Hall–Kier alpha value is -3.13. The number of imidazole rings is 1. The molecular formula is C19H19ClN6O2. The summed E-state index contributed by atoms with van der Waals surface area (Å²) in [7, 11) is 3.35. The summed E-state index contributed by atoms with van der Waals surface area (Å²) in [5, 5.41) is 4.94. The highest BCUT2D eigenvalue weighted by molar-refractivity contribution is 6.31. The van der Waals surface area contributed by atoms with Crippen molar-refractivity contribution in [1.82, 2.24) is 28.5 Å². The van der Waals surface area contributed by atoms with Gasteiger partial charge in [-0.3, -0.25) is 13.9 Å². The van der Waals surface area contributed by atoms with Gasteiger partial charge < -0.3 is 4.57 Å². The number of halogens is 1.